The Morgan fingerprint density at radius 1 is 1.33 bits per heavy atom. The summed E-state index contributed by atoms with van der Waals surface area (Å²) in [5, 5.41) is 19.5. The first kappa shape index (κ1) is 19.8. The highest BCUT2D eigenvalue weighted by atomic mass is 35.5. The standard InChI is InChI=1S/C13H18F3NO3.ClH/c1-2-3-4-11(19)12(17)9-7-8(5-6-10(9)18)20-13(14,15)16;/h5-7,11-12,18-19H,2-4,17H2,1H3;1H/t11-,12+;/m1./s1. The second kappa shape index (κ2) is 8.31. The van der Waals surface area contributed by atoms with Gasteiger partial charge in [-0.25, -0.2) is 0 Å². The maximum absolute atomic E-state index is 12.1. The number of halogens is 4. The number of benzene rings is 1. The van der Waals surface area contributed by atoms with Crippen LogP contribution in [0.4, 0.5) is 13.2 Å². The van der Waals surface area contributed by atoms with E-state index < -0.39 is 24.3 Å². The third-order valence-electron chi connectivity index (χ3n) is 2.86. The van der Waals surface area contributed by atoms with Crippen LogP contribution in [0.2, 0.25) is 0 Å². The topological polar surface area (TPSA) is 75.7 Å². The number of rotatable bonds is 6. The quantitative estimate of drug-likeness (QED) is 0.748. The lowest BCUT2D eigenvalue weighted by molar-refractivity contribution is -0.274. The van der Waals surface area contributed by atoms with Gasteiger partial charge in [0, 0.05) is 5.56 Å². The van der Waals surface area contributed by atoms with Gasteiger partial charge < -0.3 is 20.7 Å². The first-order valence-electron chi connectivity index (χ1n) is 6.27. The van der Waals surface area contributed by atoms with Gasteiger partial charge in [0.15, 0.2) is 0 Å². The van der Waals surface area contributed by atoms with Gasteiger partial charge in [0.1, 0.15) is 11.5 Å². The molecule has 1 aromatic carbocycles. The molecule has 4 N–H and O–H groups in total. The van der Waals surface area contributed by atoms with Crippen LogP contribution in [0.3, 0.4) is 0 Å². The minimum absolute atomic E-state index is 0. The number of alkyl halides is 3. The predicted octanol–water partition coefficient (Wildman–Crippen LogP) is 3.26. The molecule has 8 heteroatoms. The summed E-state index contributed by atoms with van der Waals surface area (Å²) in [6.45, 7) is 1.94. The number of aromatic hydroxyl groups is 1. The van der Waals surface area contributed by atoms with Gasteiger partial charge in [0.25, 0.3) is 0 Å². The molecule has 0 spiro atoms. The van der Waals surface area contributed by atoms with Crippen LogP contribution in [0.15, 0.2) is 18.2 Å². The monoisotopic (exact) mass is 329 g/mol. The van der Waals surface area contributed by atoms with Crippen molar-refractivity contribution in [3.63, 3.8) is 0 Å². The van der Waals surface area contributed by atoms with Crippen molar-refractivity contribution in [1.82, 2.24) is 0 Å². The number of hydrogen-bond donors (Lipinski definition) is 3. The normalized spacial score (nSPS) is 14.2. The van der Waals surface area contributed by atoms with Crippen molar-refractivity contribution in [2.45, 2.75) is 44.7 Å². The molecule has 0 bridgehead atoms. The van der Waals surface area contributed by atoms with E-state index in [1.807, 2.05) is 6.92 Å². The van der Waals surface area contributed by atoms with Crippen LogP contribution < -0.4 is 10.5 Å². The number of unbranched alkanes of at least 4 members (excludes halogenated alkanes) is 1. The molecule has 2 atom stereocenters. The van der Waals surface area contributed by atoms with E-state index in [9.17, 15) is 23.4 Å². The summed E-state index contributed by atoms with van der Waals surface area (Å²) in [7, 11) is 0. The molecule has 0 saturated heterocycles. The average Bonchev–Trinajstić information content (AvgIpc) is 2.35. The first-order chi connectivity index (χ1) is 9.24. The van der Waals surface area contributed by atoms with Crippen LogP contribution in [0, 0.1) is 0 Å². The highest BCUT2D eigenvalue weighted by Crippen LogP contribution is 2.32. The molecule has 0 unspecified atom stereocenters. The van der Waals surface area contributed by atoms with E-state index in [2.05, 4.69) is 4.74 Å². The van der Waals surface area contributed by atoms with E-state index in [-0.39, 0.29) is 23.7 Å². The largest absolute Gasteiger partial charge is 0.573 e. The molecule has 0 aliphatic heterocycles. The lowest BCUT2D eigenvalue weighted by Crippen LogP contribution is -2.26. The first-order valence-corrected chi connectivity index (χ1v) is 6.27. The molecule has 0 saturated carbocycles. The summed E-state index contributed by atoms with van der Waals surface area (Å²) in [6.07, 6.45) is -3.77. The van der Waals surface area contributed by atoms with Crippen molar-refractivity contribution in [2.24, 2.45) is 5.73 Å². The molecule has 1 rings (SSSR count). The number of nitrogens with two attached hydrogens (primary N) is 1. The lowest BCUT2D eigenvalue weighted by atomic mass is 9.97. The summed E-state index contributed by atoms with van der Waals surface area (Å²) in [6, 6.07) is 2.06. The van der Waals surface area contributed by atoms with Crippen molar-refractivity contribution >= 4 is 12.4 Å². The molecule has 4 nitrogen and oxygen atoms in total. The van der Waals surface area contributed by atoms with Crippen LogP contribution in [0.25, 0.3) is 0 Å². The third-order valence-corrected chi connectivity index (χ3v) is 2.86. The van der Waals surface area contributed by atoms with E-state index in [1.54, 1.807) is 0 Å². The molecule has 0 fully saturated rings. The van der Waals surface area contributed by atoms with Crippen LogP contribution in [-0.4, -0.2) is 22.7 Å². The summed E-state index contributed by atoms with van der Waals surface area (Å²) in [5.74, 6) is -0.758. The molecule has 21 heavy (non-hydrogen) atoms. The molecular formula is C13H19ClF3NO3. The Morgan fingerprint density at radius 3 is 2.48 bits per heavy atom. The minimum Gasteiger partial charge on any atom is -0.508 e. The van der Waals surface area contributed by atoms with Gasteiger partial charge in [0.05, 0.1) is 12.1 Å². The second-order valence-corrected chi connectivity index (χ2v) is 4.50. The maximum atomic E-state index is 12.1. The summed E-state index contributed by atoms with van der Waals surface area (Å²) < 4.78 is 40.2. The van der Waals surface area contributed by atoms with Crippen molar-refractivity contribution in [3.8, 4) is 11.5 Å². The third kappa shape index (κ3) is 6.41. The van der Waals surface area contributed by atoms with E-state index >= 15 is 0 Å². The molecular weight excluding hydrogens is 311 g/mol. The van der Waals surface area contributed by atoms with Gasteiger partial charge in [-0.3, -0.25) is 0 Å². The Labute approximate surface area is 127 Å². The molecule has 0 aromatic heterocycles. The molecule has 0 aliphatic rings. The van der Waals surface area contributed by atoms with Gasteiger partial charge in [-0.15, -0.1) is 25.6 Å². The number of aliphatic hydroxyl groups is 1. The minimum atomic E-state index is -4.82. The number of phenolic OH excluding ortho intramolecular Hbond substituents is 1. The summed E-state index contributed by atoms with van der Waals surface area (Å²) >= 11 is 0. The van der Waals surface area contributed by atoms with Gasteiger partial charge in [0.2, 0.25) is 0 Å². The number of phenols is 1. The second-order valence-electron chi connectivity index (χ2n) is 4.50. The Hall–Kier alpha value is -1.18. The Balaban J connectivity index is 0.00000400. The highest BCUT2D eigenvalue weighted by Gasteiger charge is 2.31. The van der Waals surface area contributed by atoms with E-state index in [1.165, 1.54) is 0 Å². The Kier molecular flexibility index (Phi) is 7.84. The average molecular weight is 330 g/mol. The van der Waals surface area contributed by atoms with E-state index in [0.717, 1.165) is 31.0 Å². The summed E-state index contributed by atoms with van der Waals surface area (Å²) in [5.41, 5.74) is 5.79. The molecule has 0 radical (unpaired) electrons. The molecule has 0 heterocycles. The molecule has 1 aromatic rings. The highest BCUT2D eigenvalue weighted by molar-refractivity contribution is 5.85. The van der Waals surface area contributed by atoms with E-state index in [0.29, 0.717) is 6.42 Å². The predicted molar refractivity (Wildman–Crippen MR) is 74.5 cm³/mol. The fourth-order valence-corrected chi connectivity index (χ4v) is 1.80. The van der Waals surface area contributed by atoms with Crippen LogP contribution in [0.5, 0.6) is 11.5 Å². The Morgan fingerprint density at radius 2 is 1.95 bits per heavy atom. The zero-order valence-corrected chi connectivity index (χ0v) is 12.2. The van der Waals surface area contributed by atoms with Crippen LogP contribution in [0.1, 0.15) is 37.8 Å². The maximum Gasteiger partial charge on any atom is 0.573 e. The Bertz CT molecular complexity index is 443. The van der Waals surface area contributed by atoms with Crippen LogP contribution >= 0.6 is 12.4 Å². The fourth-order valence-electron chi connectivity index (χ4n) is 1.80. The number of aliphatic hydroxyl groups excluding tert-OH is 1. The zero-order valence-electron chi connectivity index (χ0n) is 11.4. The van der Waals surface area contributed by atoms with Crippen LogP contribution in [-0.2, 0) is 0 Å². The molecule has 0 amide bonds. The van der Waals surface area contributed by atoms with Crippen molar-refractivity contribution < 1.29 is 28.1 Å². The SMILES string of the molecule is CCCC[C@@H](O)[C@@H](N)c1cc(OC(F)(F)F)ccc1O.Cl. The van der Waals surface area contributed by atoms with Crippen molar-refractivity contribution in [1.29, 1.82) is 0 Å². The van der Waals surface area contributed by atoms with Gasteiger partial charge >= 0.3 is 6.36 Å². The van der Waals surface area contributed by atoms with Gasteiger partial charge in [-0.2, -0.15) is 0 Å². The molecule has 122 valence electrons. The smallest absolute Gasteiger partial charge is 0.508 e. The zero-order chi connectivity index (χ0) is 15.3. The molecule has 0 aliphatic carbocycles. The lowest BCUT2D eigenvalue weighted by Gasteiger charge is -2.21. The fraction of sp³-hybridized carbons (Fsp3) is 0.538. The summed E-state index contributed by atoms with van der Waals surface area (Å²) in [4.78, 5) is 0. The number of ether oxygens (including phenoxy) is 1. The van der Waals surface area contributed by atoms with E-state index in [4.69, 9.17) is 5.73 Å². The van der Waals surface area contributed by atoms with Gasteiger partial charge in [-0.1, -0.05) is 19.8 Å². The number of hydrogen-bond acceptors (Lipinski definition) is 4. The van der Waals surface area contributed by atoms with Crippen molar-refractivity contribution in [3.05, 3.63) is 23.8 Å². The van der Waals surface area contributed by atoms with Gasteiger partial charge in [-0.05, 0) is 24.6 Å². The van der Waals surface area contributed by atoms with Crippen molar-refractivity contribution in [2.75, 3.05) is 0 Å².